The molecule has 0 bridgehead atoms. The molecule has 13 heterocycles. The molecule has 20 atom stereocenters. The van der Waals surface area contributed by atoms with Crippen LogP contribution in [0.15, 0.2) is 0 Å². The Morgan fingerprint density at radius 3 is 1.07 bits per heavy atom. The third-order valence-corrected chi connectivity index (χ3v) is 46.4. The molecule has 13 saturated heterocycles. The average molecular weight is 2280 g/mol. The van der Waals surface area contributed by atoms with E-state index in [1.165, 1.54) is 140 Å². The Labute approximate surface area is 913 Å². The van der Waals surface area contributed by atoms with Crippen LogP contribution in [0, 0.1) is 29.6 Å². The molecule has 0 aliphatic carbocycles. The summed E-state index contributed by atoms with van der Waals surface area (Å²) < 4.78 is 151. The third kappa shape index (κ3) is 83.0. The van der Waals surface area contributed by atoms with Gasteiger partial charge in [0.15, 0.2) is 9.84 Å². The van der Waals surface area contributed by atoms with Gasteiger partial charge in [0, 0.05) is 121 Å². The lowest BCUT2D eigenvalue weighted by Gasteiger charge is -2.13. The van der Waals surface area contributed by atoms with Gasteiger partial charge in [-0.15, -0.1) is 0 Å². The predicted molar refractivity (Wildman–Crippen MR) is 649 cm³/mol. The van der Waals surface area contributed by atoms with Crippen LogP contribution in [-0.4, -0.2) is 370 Å². The first-order chi connectivity index (χ1) is 67.2. The first-order valence-electron chi connectivity index (χ1n) is 55.2. The fourth-order valence-corrected chi connectivity index (χ4v) is 36.8. The molecule has 0 aromatic heterocycles. The Kier molecular flexibility index (Phi) is 84.2. The summed E-state index contributed by atoms with van der Waals surface area (Å²) in [5, 5.41) is 2.19. The van der Waals surface area contributed by atoms with E-state index in [4.69, 9.17) is 61.6 Å². The van der Waals surface area contributed by atoms with Gasteiger partial charge in [0.1, 0.15) is 0 Å². The Bertz CT molecular complexity index is 3580. The molecule has 33 heteroatoms. The van der Waals surface area contributed by atoms with E-state index in [9.17, 15) is 29.5 Å². The molecular formula is C110H220O20S13. The normalized spacial score (nSPS) is 30.4. The zero-order valence-electron chi connectivity index (χ0n) is 95.5. The zero-order chi connectivity index (χ0) is 108. The van der Waals surface area contributed by atoms with Gasteiger partial charge >= 0.3 is 0 Å². The average Bonchev–Trinajstić information content (AvgIpc) is 1.70. The van der Waals surface area contributed by atoms with Crippen molar-refractivity contribution in [2.45, 2.75) is 445 Å². The first kappa shape index (κ1) is 143. The lowest BCUT2D eigenvalue weighted by molar-refractivity contribution is 0.0233. The Balaban J connectivity index is 0.000000775. The molecule has 20 nitrogen and oxygen atoms in total. The van der Waals surface area contributed by atoms with Crippen LogP contribution in [0.1, 0.15) is 321 Å². The molecule has 0 aromatic carbocycles. The van der Waals surface area contributed by atoms with Gasteiger partial charge in [-0.05, 0) is 455 Å². The summed E-state index contributed by atoms with van der Waals surface area (Å²) in [6.45, 7) is 61.6. The Morgan fingerprint density at radius 1 is 0.287 bits per heavy atom. The van der Waals surface area contributed by atoms with Gasteiger partial charge in [-0.2, -0.15) is 79.8 Å². The molecule has 13 aliphatic rings. The van der Waals surface area contributed by atoms with Crippen molar-refractivity contribution < 1.29 is 91.0 Å². The molecule has 20 unspecified atom stereocenters. The maximum Gasteiger partial charge on any atom is 0.155 e. The van der Waals surface area contributed by atoms with Crippen molar-refractivity contribution in [1.29, 1.82) is 0 Å². The molecule has 13 rings (SSSR count). The number of ether oxygens (including phenoxy) is 13. The molecule has 13 aliphatic heterocycles. The largest absolute Gasteiger partial charge is 0.379 e. The maximum atomic E-state index is 11.5. The number of sulfone groups is 1. The van der Waals surface area contributed by atoms with E-state index in [1.807, 2.05) is 94.8 Å². The van der Waals surface area contributed by atoms with E-state index >= 15 is 0 Å². The van der Waals surface area contributed by atoms with E-state index in [0.29, 0.717) is 135 Å². The van der Waals surface area contributed by atoms with Gasteiger partial charge in [-0.25, -0.2) is 8.42 Å². The molecule has 13 fully saturated rings. The maximum absolute atomic E-state index is 11.5. The zero-order valence-corrected chi connectivity index (χ0v) is 106. The molecule has 0 radical (unpaired) electrons. The molecule has 0 spiro atoms. The third-order valence-electron chi connectivity index (χ3n) is 24.5. The summed E-state index contributed by atoms with van der Waals surface area (Å²) in [5.74, 6) is 45.3. The lowest BCUT2D eigenvalue weighted by atomic mass is 10.1. The molecule has 0 saturated carbocycles. The van der Waals surface area contributed by atoms with E-state index in [0.717, 1.165) is 192 Å². The highest BCUT2D eigenvalue weighted by molar-refractivity contribution is 8.14. The summed E-state index contributed by atoms with van der Waals surface area (Å²) in [6, 6.07) is 0. The van der Waals surface area contributed by atoms with Gasteiger partial charge < -0.3 is 61.6 Å². The summed E-state index contributed by atoms with van der Waals surface area (Å²) in [6.07, 6.45) is 31.4. The summed E-state index contributed by atoms with van der Waals surface area (Å²) in [7, 11) is -8.30. The van der Waals surface area contributed by atoms with Crippen molar-refractivity contribution in [2.75, 3.05) is 187 Å². The number of hydrogen-bond acceptors (Lipinski definition) is 25. The van der Waals surface area contributed by atoms with Crippen LogP contribution >= 0.6 is 79.8 Å². The van der Waals surface area contributed by atoms with E-state index in [2.05, 4.69) is 173 Å². The fraction of sp³-hybridized carbons (Fsp3) is 0.955. The minimum Gasteiger partial charge on any atom is -0.379 e. The van der Waals surface area contributed by atoms with Crippen LogP contribution in [0.2, 0.25) is 0 Å². The first-order valence-corrected chi connectivity index (χ1v) is 74.9. The molecule has 0 N–H and O–H groups in total. The van der Waals surface area contributed by atoms with Gasteiger partial charge in [0.05, 0.1) is 154 Å². The van der Waals surface area contributed by atoms with Crippen LogP contribution < -0.4 is 0 Å². The van der Waals surface area contributed by atoms with E-state index in [1.54, 1.807) is 0 Å². The van der Waals surface area contributed by atoms with E-state index in [-0.39, 0.29) is 35.8 Å². The quantitative estimate of drug-likeness (QED) is 0.0518. The van der Waals surface area contributed by atoms with Crippen LogP contribution in [0.5, 0.6) is 0 Å². The van der Waals surface area contributed by atoms with Crippen molar-refractivity contribution in [1.82, 2.24) is 0 Å². The van der Waals surface area contributed by atoms with Gasteiger partial charge in [0.25, 0.3) is 0 Å². The van der Waals surface area contributed by atoms with Crippen LogP contribution in [0.4, 0.5) is 0 Å². The highest BCUT2D eigenvalue weighted by Gasteiger charge is 2.33. The number of hydrogen-bond donors (Lipinski definition) is 0. The SMILES string of the molecule is C=S1(=O)CCC(CCOC(C)C)C1.C=S1(=O)CCC(COC(C)C)C1.C=S1(=O)CCC(OC(C)C)C1.C=S1CCC(COC(C)C)C1.C=S1CCC(OC(C)C)C1.CC(C)OC1CCSC1.CC(C)OCC1CCCS1.CC(C)OCC1CCCS1(=O)=O.CC(C)OCC1CCCS1=O.CC(C)OCC1CCSC1.CC(C)OCCC1CCCS1.CC(C)OCCC1CCCS1=O.CC(C)OCCC1CCSC1. The van der Waals surface area contributed by atoms with Crippen LogP contribution in [-0.2, 0) is 122 Å². The molecule has 0 aromatic rings. The predicted octanol–water partition coefficient (Wildman–Crippen LogP) is 23.3. The lowest BCUT2D eigenvalue weighted by Crippen LogP contribution is -2.23. The molecule has 858 valence electrons. The van der Waals surface area contributed by atoms with Gasteiger partial charge in [-0.1, -0.05) is 11.7 Å². The van der Waals surface area contributed by atoms with Crippen molar-refractivity contribution in [3.05, 3.63) is 0 Å². The van der Waals surface area contributed by atoms with E-state index < -0.39 is 60.0 Å². The summed E-state index contributed by atoms with van der Waals surface area (Å²) in [5.41, 5.74) is 0. The summed E-state index contributed by atoms with van der Waals surface area (Å²) >= 11 is 10.3. The van der Waals surface area contributed by atoms with Crippen LogP contribution in [0.3, 0.4) is 0 Å². The minimum absolute atomic E-state index is 0.126. The Morgan fingerprint density at radius 2 is 0.678 bits per heavy atom. The molecule has 143 heavy (non-hydrogen) atoms. The van der Waals surface area contributed by atoms with Crippen molar-refractivity contribution >= 4 is 169 Å². The van der Waals surface area contributed by atoms with Crippen LogP contribution in [0.25, 0.3) is 0 Å². The minimum atomic E-state index is -2.81. The van der Waals surface area contributed by atoms with Crippen molar-refractivity contribution in [3.63, 3.8) is 0 Å². The summed E-state index contributed by atoms with van der Waals surface area (Å²) in [4.78, 5) is 0. The smallest absolute Gasteiger partial charge is 0.155 e. The number of thioether (sulfide) groups is 5. The fourth-order valence-electron chi connectivity index (χ4n) is 16.7. The highest BCUT2D eigenvalue weighted by atomic mass is 32.2. The molecule has 0 amide bonds. The molecular weight excluding hydrogens is 2060 g/mol. The van der Waals surface area contributed by atoms with Gasteiger partial charge in [-0.3, -0.25) is 21.0 Å². The highest BCUT2D eigenvalue weighted by Crippen LogP contribution is 2.34. The number of rotatable bonds is 40. The second-order valence-corrected chi connectivity index (χ2v) is 68.3. The topological polar surface area (TPSA) is 239 Å². The van der Waals surface area contributed by atoms with Crippen molar-refractivity contribution in [3.8, 4) is 0 Å². The second kappa shape index (κ2) is 84.2. The van der Waals surface area contributed by atoms with Gasteiger partial charge in [0.2, 0.25) is 0 Å². The standard InChI is InChI=1S/C10H20O2S.2C9H18O2S.3C9H18OS.C8H16O3S.2C8H16O2S.3C8H16OS.C7H14OS/c1-9(2)12-6-4-10-5-7-13(3,11)8-10;1-8(2)11-6-9-4-5-12(3,10)7-9;1-8(2)11-6-5-9-4-3-7-12(9)10;1-8(2)10-6-9-4-5-11(3)7-9;1-8(2)10-5-3-9-4-6-11-7-9;1-8(2)10-6-5-9-4-3-7-11-9;1-7(2)11-6-8-4-3-5-12(8,9)10;1-7(2)10-8-4-5-11(3,9)6-8;1-7(2)10-6-8-4-3-5-11(8)9;1-7(2)9-8-4-5-10(3)6-8;1-7(2)9-5-8-3-4-10-6-8;1-7(2)9-6-8-4-3-5-10-8;1-6(2)8-7-3-4-9-5-7/h9-10H,3-8H2,1-2H3;2*8-9H,3-7H2,1-2H3;3*8-9H,3-7H2,1-2H3;7-8H,3-6H2,1-2H3;2*7-8H,3-6H2,1-2H3;3*7-8H,3-6H2,1-2H3;6-7H,3-5H2,1-2H3. The second-order valence-electron chi connectivity index (χ2n) is 44.0. The monoisotopic (exact) mass is 2280 g/mol. The van der Waals surface area contributed by atoms with Crippen molar-refractivity contribution in [2.24, 2.45) is 29.6 Å². The Hall–Kier alpha value is 1.98.